The minimum Gasteiger partial charge on any atom is -0.292 e. The number of carbonyl (C=O) groups excluding carboxylic acids is 1. The van der Waals surface area contributed by atoms with Gasteiger partial charge in [0.2, 0.25) is 0 Å². The maximum Gasteiger partial charge on any atom is 0.186 e. The summed E-state index contributed by atoms with van der Waals surface area (Å²) in [5.74, 6) is 0.0613. The summed E-state index contributed by atoms with van der Waals surface area (Å²) >= 11 is 4.98. The third kappa shape index (κ3) is 2.60. The Morgan fingerprint density at radius 3 is 2.89 bits per heavy atom. The highest BCUT2D eigenvalue weighted by molar-refractivity contribution is 9.10. The number of hydrogen-bond acceptors (Lipinski definition) is 3. The molecule has 0 atom stereocenters. The highest BCUT2D eigenvalue weighted by Crippen LogP contribution is 2.23. The number of fused-ring (bicyclic) bond motifs is 1. The van der Waals surface area contributed by atoms with E-state index < -0.39 is 0 Å². The topological polar surface area (TPSA) is 30.0 Å². The Morgan fingerprint density at radius 1 is 1.26 bits per heavy atom. The summed E-state index contributed by atoms with van der Waals surface area (Å²) in [5, 5.41) is 3.96. The Bertz CT molecular complexity index is 745. The van der Waals surface area contributed by atoms with Gasteiger partial charge in [-0.15, -0.1) is 11.3 Å². The Labute approximate surface area is 123 Å². The number of aromatic nitrogens is 1. The molecule has 0 aliphatic carbocycles. The molecule has 0 radical (unpaired) electrons. The summed E-state index contributed by atoms with van der Waals surface area (Å²) in [7, 11) is 0. The second kappa shape index (κ2) is 5.23. The zero-order valence-electron chi connectivity index (χ0n) is 9.97. The van der Waals surface area contributed by atoms with Gasteiger partial charge in [0.15, 0.2) is 5.78 Å². The Kier molecular flexibility index (Phi) is 3.44. The molecule has 94 valence electrons. The number of thiophene rings is 1. The second-order valence-electron chi connectivity index (χ2n) is 4.21. The van der Waals surface area contributed by atoms with E-state index in [1.165, 1.54) is 0 Å². The predicted octanol–water partition coefficient (Wildman–Crippen LogP) is 4.48. The van der Waals surface area contributed by atoms with E-state index in [1.54, 1.807) is 17.5 Å². The largest absolute Gasteiger partial charge is 0.292 e. The number of hydrogen-bond donors (Lipinski definition) is 0. The highest BCUT2D eigenvalue weighted by Gasteiger charge is 2.13. The number of halogens is 1. The van der Waals surface area contributed by atoms with Crippen molar-refractivity contribution in [3.05, 3.63) is 63.0 Å². The van der Waals surface area contributed by atoms with Gasteiger partial charge in [-0.25, -0.2) is 0 Å². The van der Waals surface area contributed by atoms with Crippen LogP contribution in [-0.4, -0.2) is 10.8 Å². The van der Waals surface area contributed by atoms with E-state index in [2.05, 4.69) is 20.9 Å². The van der Waals surface area contributed by atoms with E-state index in [1.807, 2.05) is 41.8 Å². The molecule has 0 aliphatic rings. The molecule has 2 heterocycles. The van der Waals surface area contributed by atoms with Crippen molar-refractivity contribution in [2.45, 2.75) is 6.42 Å². The maximum absolute atomic E-state index is 12.4. The third-order valence-corrected chi connectivity index (χ3v) is 4.59. The first-order valence-electron chi connectivity index (χ1n) is 5.84. The number of nitrogens with zero attached hydrogens (tertiary/aromatic N) is 1. The van der Waals surface area contributed by atoms with Crippen LogP contribution in [0, 0.1) is 0 Å². The first-order chi connectivity index (χ1) is 9.24. The number of Topliss-reactive ketones (excluding diaryl/α,β-unsaturated/α-hetero) is 1. The van der Waals surface area contributed by atoms with Crippen LogP contribution in [0.2, 0.25) is 0 Å². The van der Waals surface area contributed by atoms with Crippen molar-refractivity contribution < 1.29 is 4.79 Å². The van der Waals surface area contributed by atoms with Crippen LogP contribution >= 0.6 is 27.3 Å². The van der Waals surface area contributed by atoms with Gasteiger partial charge in [-0.05, 0) is 33.4 Å². The van der Waals surface area contributed by atoms with Crippen LogP contribution in [-0.2, 0) is 6.42 Å². The molecule has 2 nitrogen and oxygen atoms in total. The first kappa shape index (κ1) is 12.5. The van der Waals surface area contributed by atoms with Crippen LogP contribution in [0.3, 0.4) is 0 Å². The zero-order valence-corrected chi connectivity index (χ0v) is 12.4. The fourth-order valence-electron chi connectivity index (χ4n) is 2.03. The van der Waals surface area contributed by atoms with Gasteiger partial charge in [0.25, 0.3) is 0 Å². The minimum atomic E-state index is 0.0613. The monoisotopic (exact) mass is 331 g/mol. The lowest BCUT2D eigenvalue weighted by atomic mass is 10.1. The van der Waals surface area contributed by atoms with E-state index in [9.17, 15) is 4.79 Å². The van der Waals surface area contributed by atoms with Gasteiger partial charge >= 0.3 is 0 Å². The van der Waals surface area contributed by atoms with Crippen LogP contribution in [0.25, 0.3) is 10.8 Å². The Balaban J connectivity index is 1.97. The normalized spacial score (nSPS) is 10.8. The fraction of sp³-hybridized carbons (Fsp3) is 0.0667. The molecule has 0 N–H and O–H groups in total. The molecule has 0 fully saturated rings. The standard InChI is InChI=1S/C15H10BrNOS/c16-11-7-12(19-9-11)8-14(18)15-13-4-2-1-3-10(13)5-6-17-15/h1-7,9H,8H2. The van der Waals surface area contributed by atoms with Crippen molar-refractivity contribution >= 4 is 43.8 Å². The van der Waals surface area contributed by atoms with Gasteiger partial charge in [-0.3, -0.25) is 9.78 Å². The summed E-state index contributed by atoms with van der Waals surface area (Å²) in [4.78, 5) is 17.7. The molecular weight excluding hydrogens is 322 g/mol. The first-order valence-corrected chi connectivity index (χ1v) is 7.51. The van der Waals surface area contributed by atoms with Gasteiger partial charge in [0.05, 0.1) is 0 Å². The summed E-state index contributed by atoms with van der Waals surface area (Å²) in [5.41, 5.74) is 0.558. The number of benzene rings is 1. The molecule has 4 heteroatoms. The fourth-order valence-corrected chi connectivity index (χ4v) is 3.48. The Hall–Kier alpha value is -1.52. The van der Waals surface area contributed by atoms with Crippen molar-refractivity contribution in [3.8, 4) is 0 Å². The average molecular weight is 332 g/mol. The molecule has 0 unspecified atom stereocenters. The summed E-state index contributed by atoms with van der Waals surface area (Å²) in [6, 6.07) is 11.7. The molecule has 0 aliphatic heterocycles. The lowest BCUT2D eigenvalue weighted by Gasteiger charge is -2.03. The molecule has 0 spiro atoms. The molecule has 2 aromatic heterocycles. The molecule has 0 bridgehead atoms. The third-order valence-electron chi connectivity index (χ3n) is 2.89. The van der Waals surface area contributed by atoms with Crippen molar-refractivity contribution in [2.24, 2.45) is 0 Å². The summed E-state index contributed by atoms with van der Waals surface area (Å²) in [6.45, 7) is 0. The van der Waals surface area contributed by atoms with E-state index in [0.717, 1.165) is 20.1 Å². The molecule has 0 saturated heterocycles. The number of ketones is 1. The summed E-state index contributed by atoms with van der Waals surface area (Å²) in [6.07, 6.45) is 2.09. The lowest BCUT2D eigenvalue weighted by molar-refractivity contribution is 0.0991. The smallest absolute Gasteiger partial charge is 0.186 e. The van der Waals surface area contributed by atoms with Gasteiger partial charge in [0.1, 0.15) is 5.69 Å². The number of rotatable bonds is 3. The van der Waals surface area contributed by atoms with Crippen LogP contribution in [0.4, 0.5) is 0 Å². The van der Waals surface area contributed by atoms with Gasteiger partial charge in [-0.1, -0.05) is 24.3 Å². The molecule has 1 aromatic carbocycles. The van der Waals surface area contributed by atoms with Crippen LogP contribution in [0.1, 0.15) is 15.4 Å². The van der Waals surface area contributed by atoms with E-state index >= 15 is 0 Å². The van der Waals surface area contributed by atoms with E-state index in [-0.39, 0.29) is 5.78 Å². The predicted molar refractivity (Wildman–Crippen MR) is 81.8 cm³/mol. The highest BCUT2D eigenvalue weighted by atomic mass is 79.9. The van der Waals surface area contributed by atoms with Crippen LogP contribution in [0.15, 0.2) is 52.4 Å². The number of pyridine rings is 1. The van der Waals surface area contributed by atoms with Gasteiger partial charge in [-0.2, -0.15) is 0 Å². The zero-order chi connectivity index (χ0) is 13.2. The number of carbonyl (C=O) groups is 1. The van der Waals surface area contributed by atoms with E-state index in [4.69, 9.17) is 0 Å². The second-order valence-corrected chi connectivity index (χ2v) is 6.12. The van der Waals surface area contributed by atoms with Gasteiger partial charge in [0, 0.05) is 32.7 Å². The lowest BCUT2D eigenvalue weighted by Crippen LogP contribution is -2.05. The van der Waals surface area contributed by atoms with Crippen molar-refractivity contribution in [1.29, 1.82) is 0 Å². The molecule has 0 saturated carbocycles. The molecule has 0 amide bonds. The van der Waals surface area contributed by atoms with Crippen LogP contribution in [0.5, 0.6) is 0 Å². The quantitative estimate of drug-likeness (QED) is 0.662. The molecular formula is C15H10BrNOS. The van der Waals surface area contributed by atoms with Crippen molar-refractivity contribution in [1.82, 2.24) is 4.98 Å². The molecule has 19 heavy (non-hydrogen) atoms. The molecule has 3 aromatic rings. The van der Waals surface area contributed by atoms with Crippen molar-refractivity contribution in [3.63, 3.8) is 0 Å². The van der Waals surface area contributed by atoms with Crippen LogP contribution < -0.4 is 0 Å². The van der Waals surface area contributed by atoms with Gasteiger partial charge < -0.3 is 0 Å². The SMILES string of the molecule is O=C(Cc1cc(Br)cs1)c1nccc2ccccc12. The summed E-state index contributed by atoms with van der Waals surface area (Å²) < 4.78 is 1.02. The van der Waals surface area contributed by atoms with Crippen molar-refractivity contribution in [2.75, 3.05) is 0 Å². The maximum atomic E-state index is 12.4. The minimum absolute atomic E-state index is 0.0613. The Morgan fingerprint density at radius 2 is 2.11 bits per heavy atom. The molecule has 3 rings (SSSR count). The average Bonchev–Trinajstić information content (AvgIpc) is 2.83. The van der Waals surface area contributed by atoms with E-state index in [0.29, 0.717) is 12.1 Å².